The van der Waals surface area contributed by atoms with Crippen molar-refractivity contribution in [3.05, 3.63) is 29.6 Å². The number of aliphatic hydroxyl groups is 1. The average molecular weight is 267 g/mol. The molecule has 0 aliphatic heterocycles. The number of aromatic hydroxyl groups is 1. The third-order valence-corrected chi connectivity index (χ3v) is 3.57. The summed E-state index contributed by atoms with van der Waals surface area (Å²) < 4.78 is 13.0. The van der Waals surface area contributed by atoms with Gasteiger partial charge in [-0.05, 0) is 31.0 Å². The average Bonchev–Trinajstić information content (AvgIpc) is 2.40. The molecule has 1 saturated carbocycles. The lowest BCUT2D eigenvalue weighted by Gasteiger charge is -2.32. The lowest BCUT2D eigenvalue weighted by molar-refractivity contribution is 0.00522. The maximum atomic E-state index is 13.0. The smallest absolute Gasteiger partial charge is 0.255 e. The van der Waals surface area contributed by atoms with Crippen LogP contribution in [-0.2, 0) is 0 Å². The minimum absolute atomic E-state index is 0.112. The highest BCUT2D eigenvalue weighted by Gasteiger charge is 2.29. The Morgan fingerprint density at radius 2 is 2.00 bits per heavy atom. The zero-order chi connectivity index (χ0) is 13.9. The summed E-state index contributed by atoms with van der Waals surface area (Å²) in [5.41, 5.74) is -0.990. The molecule has 1 fully saturated rings. The zero-order valence-corrected chi connectivity index (χ0v) is 10.7. The van der Waals surface area contributed by atoms with Gasteiger partial charge in [-0.1, -0.05) is 19.3 Å². The van der Waals surface area contributed by atoms with E-state index in [0.717, 1.165) is 37.5 Å². The number of carbonyl (C=O) groups is 1. The van der Waals surface area contributed by atoms with Crippen LogP contribution in [0.5, 0.6) is 5.75 Å². The Balaban J connectivity index is 1.99. The van der Waals surface area contributed by atoms with Crippen molar-refractivity contribution in [2.45, 2.75) is 37.7 Å². The summed E-state index contributed by atoms with van der Waals surface area (Å²) in [6, 6.07) is 3.20. The van der Waals surface area contributed by atoms with E-state index < -0.39 is 17.3 Å². The van der Waals surface area contributed by atoms with Crippen LogP contribution in [0.3, 0.4) is 0 Å². The van der Waals surface area contributed by atoms with Gasteiger partial charge < -0.3 is 15.5 Å². The molecule has 3 N–H and O–H groups in total. The van der Waals surface area contributed by atoms with E-state index in [1.807, 2.05) is 0 Å². The predicted octanol–water partition coefficient (Wildman–Crippen LogP) is 1.96. The van der Waals surface area contributed by atoms with Gasteiger partial charge in [0.05, 0.1) is 11.2 Å². The number of nitrogens with one attached hydrogen (secondary N) is 1. The van der Waals surface area contributed by atoms with Crippen LogP contribution in [0.25, 0.3) is 0 Å². The van der Waals surface area contributed by atoms with Gasteiger partial charge in [-0.15, -0.1) is 0 Å². The van der Waals surface area contributed by atoms with Crippen LogP contribution in [0.15, 0.2) is 18.2 Å². The SMILES string of the molecule is O=C(NCC1(O)CCCCC1)c1cc(F)ccc1O. The number of amides is 1. The van der Waals surface area contributed by atoms with Gasteiger partial charge in [0.25, 0.3) is 5.91 Å². The van der Waals surface area contributed by atoms with Crippen molar-refractivity contribution in [3.8, 4) is 5.75 Å². The highest BCUT2D eigenvalue weighted by molar-refractivity contribution is 5.96. The van der Waals surface area contributed by atoms with Crippen molar-refractivity contribution in [1.82, 2.24) is 5.32 Å². The summed E-state index contributed by atoms with van der Waals surface area (Å²) in [6.45, 7) is 0.127. The quantitative estimate of drug-likeness (QED) is 0.784. The highest BCUT2D eigenvalue weighted by Crippen LogP contribution is 2.27. The molecule has 19 heavy (non-hydrogen) atoms. The maximum Gasteiger partial charge on any atom is 0.255 e. The van der Waals surface area contributed by atoms with Gasteiger partial charge in [-0.25, -0.2) is 4.39 Å². The van der Waals surface area contributed by atoms with Gasteiger partial charge in [-0.3, -0.25) is 4.79 Å². The molecule has 0 bridgehead atoms. The zero-order valence-electron chi connectivity index (χ0n) is 10.7. The molecule has 1 aliphatic rings. The second-order valence-corrected chi connectivity index (χ2v) is 5.13. The molecule has 104 valence electrons. The Kier molecular flexibility index (Phi) is 4.04. The van der Waals surface area contributed by atoms with Crippen LogP contribution >= 0.6 is 0 Å². The number of phenols is 1. The molecule has 0 spiro atoms. The van der Waals surface area contributed by atoms with Crippen LogP contribution in [-0.4, -0.2) is 28.3 Å². The molecule has 5 heteroatoms. The first-order valence-corrected chi connectivity index (χ1v) is 6.49. The van der Waals surface area contributed by atoms with Crippen molar-refractivity contribution in [2.75, 3.05) is 6.54 Å². The van der Waals surface area contributed by atoms with Gasteiger partial charge in [0.1, 0.15) is 11.6 Å². The molecule has 0 aromatic heterocycles. The Bertz CT molecular complexity index is 470. The normalized spacial score (nSPS) is 18.0. The van der Waals surface area contributed by atoms with Gasteiger partial charge in [0, 0.05) is 6.54 Å². The predicted molar refractivity (Wildman–Crippen MR) is 68.4 cm³/mol. The van der Waals surface area contributed by atoms with Crippen LogP contribution in [0.2, 0.25) is 0 Å². The van der Waals surface area contributed by atoms with Gasteiger partial charge in [0.2, 0.25) is 0 Å². The number of rotatable bonds is 3. The second-order valence-electron chi connectivity index (χ2n) is 5.13. The van der Waals surface area contributed by atoms with Crippen molar-refractivity contribution >= 4 is 5.91 Å². The molecule has 1 aromatic carbocycles. The standard InChI is InChI=1S/C14H18FNO3/c15-10-4-5-12(17)11(8-10)13(18)16-9-14(19)6-2-1-3-7-14/h4-5,8,17,19H,1-3,6-7,9H2,(H,16,18). The van der Waals surface area contributed by atoms with Crippen molar-refractivity contribution in [3.63, 3.8) is 0 Å². The van der Waals surface area contributed by atoms with Gasteiger partial charge in [0.15, 0.2) is 0 Å². The van der Waals surface area contributed by atoms with E-state index >= 15 is 0 Å². The Labute approximate surface area is 111 Å². The molecule has 2 rings (SSSR count). The Morgan fingerprint density at radius 3 is 2.68 bits per heavy atom. The van der Waals surface area contributed by atoms with Crippen LogP contribution in [0, 0.1) is 5.82 Å². The minimum atomic E-state index is -0.878. The molecule has 0 radical (unpaired) electrons. The lowest BCUT2D eigenvalue weighted by atomic mass is 9.85. The molecule has 1 aromatic rings. The topological polar surface area (TPSA) is 69.6 Å². The first-order chi connectivity index (χ1) is 9.00. The van der Waals surface area contributed by atoms with E-state index in [4.69, 9.17) is 0 Å². The largest absolute Gasteiger partial charge is 0.507 e. The summed E-state index contributed by atoms with van der Waals surface area (Å²) in [6.07, 6.45) is 4.29. The number of phenolic OH excluding ortho intramolecular Hbond substituents is 1. The fourth-order valence-corrected chi connectivity index (χ4v) is 2.42. The first kappa shape index (κ1) is 13.8. The molecular weight excluding hydrogens is 249 g/mol. The van der Waals surface area contributed by atoms with Crippen molar-refractivity contribution in [2.24, 2.45) is 0 Å². The summed E-state index contributed by atoms with van der Waals surface area (Å²) in [7, 11) is 0. The molecule has 1 aliphatic carbocycles. The van der Waals surface area contributed by atoms with Crippen molar-refractivity contribution < 1.29 is 19.4 Å². The molecule has 0 atom stereocenters. The summed E-state index contributed by atoms with van der Waals surface area (Å²) in [5, 5.41) is 22.3. The summed E-state index contributed by atoms with van der Waals surface area (Å²) in [4.78, 5) is 11.9. The van der Waals surface area contributed by atoms with Crippen LogP contribution < -0.4 is 5.32 Å². The van der Waals surface area contributed by atoms with Crippen LogP contribution in [0.1, 0.15) is 42.5 Å². The first-order valence-electron chi connectivity index (χ1n) is 6.49. The van der Waals surface area contributed by atoms with E-state index in [2.05, 4.69) is 5.32 Å². The fourth-order valence-electron chi connectivity index (χ4n) is 2.42. The van der Waals surface area contributed by atoms with E-state index in [1.165, 1.54) is 0 Å². The number of hydrogen-bond donors (Lipinski definition) is 3. The summed E-state index contributed by atoms with van der Waals surface area (Å²) >= 11 is 0. The lowest BCUT2D eigenvalue weighted by Crippen LogP contribution is -2.44. The highest BCUT2D eigenvalue weighted by atomic mass is 19.1. The number of carbonyl (C=O) groups excluding carboxylic acids is 1. The molecule has 0 saturated heterocycles. The molecule has 4 nitrogen and oxygen atoms in total. The minimum Gasteiger partial charge on any atom is -0.507 e. The van der Waals surface area contributed by atoms with Gasteiger partial charge in [-0.2, -0.15) is 0 Å². The summed E-state index contributed by atoms with van der Waals surface area (Å²) in [5.74, 6) is -1.43. The monoisotopic (exact) mass is 267 g/mol. The van der Waals surface area contributed by atoms with E-state index in [-0.39, 0.29) is 17.9 Å². The maximum absolute atomic E-state index is 13.0. The third-order valence-electron chi connectivity index (χ3n) is 3.57. The van der Waals surface area contributed by atoms with E-state index in [0.29, 0.717) is 12.8 Å². The van der Waals surface area contributed by atoms with Gasteiger partial charge >= 0.3 is 0 Å². The molecule has 0 unspecified atom stereocenters. The molecule has 1 amide bonds. The number of halogens is 1. The Morgan fingerprint density at radius 1 is 1.32 bits per heavy atom. The van der Waals surface area contributed by atoms with Crippen molar-refractivity contribution in [1.29, 1.82) is 0 Å². The Hall–Kier alpha value is -1.62. The fraction of sp³-hybridized carbons (Fsp3) is 0.500. The molecular formula is C14H18FNO3. The second kappa shape index (κ2) is 5.57. The molecule has 0 heterocycles. The van der Waals surface area contributed by atoms with E-state index in [9.17, 15) is 19.4 Å². The van der Waals surface area contributed by atoms with Crippen LogP contribution in [0.4, 0.5) is 4.39 Å². The third kappa shape index (κ3) is 3.44. The number of benzene rings is 1. The van der Waals surface area contributed by atoms with E-state index in [1.54, 1.807) is 0 Å². The number of hydrogen-bond acceptors (Lipinski definition) is 3.